The average Bonchev–Trinajstić information content (AvgIpc) is 2.21. The first-order chi connectivity index (χ1) is 7.58. The molecule has 1 unspecified atom stereocenters. The summed E-state index contributed by atoms with van der Waals surface area (Å²) in [7, 11) is 1.64. The van der Waals surface area contributed by atoms with Crippen molar-refractivity contribution >= 4 is 33.2 Å². The van der Waals surface area contributed by atoms with Gasteiger partial charge in [-0.2, -0.15) is 0 Å². The maximum atomic E-state index is 13.0. The standard InChI is InChI=1S/C11H14BrClFNO/c1-3-8(6-16-2)15-11-9(12)4-7(14)5-10(11)13/h4-5,8,15H,3,6H2,1-2H3. The Balaban J connectivity index is 2.87. The summed E-state index contributed by atoms with van der Waals surface area (Å²) in [6, 6.07) is 2.83. The molecule has 0 radical (unpaired) electrons. The monoisotopic (exact) mass is 309 g/mol. The van der Waals surface area contributed by atoms with Crippen molar-refractivity contribution in [2.45, 2.75) is 19.4 Å². The summed E-state index contributed by atoms with van der Waals surface area (Å²) in [5.74, 6) is -0.359. The number of hydrogen-bond acceptors (Lipinski definition) is 2. The Bertz CT molecular complexity index is 339. The second kappa shape index (κ2) is 6.42. The van der Waals surface area contributed by atoms with Crippen LogP contribution < -0.4 is 5.32 Å². The number of halogens is 3. The molecule has 90 valence electrons. The van der Waals surface area contributed by atoms with E-state index in [0.717, 1.165) is 6.42 Å². The number of hydrogen-bond donors (Lipinski definition) is 1. The van der Waals surface area contributed by atoms with Crippen LogP contribution in [0.5, 0.6) is 0 Å². The predicted octanol–water partition coefficient (Wildman–Crippen LogP) is 4.08. The van der Waals surface area contributed by atoms with Crippen LogP contribution in [0.2, 0.25) is 5.02 Å². The van der Waals surface area contributed by atoms with Crippen LogP contribution >= 0.6 is 27.5 Å². The van der Waals surface area contributed by atoms with Crippen LogP contribution in [0.1, 0.15) is 13.3 Å². The van der Waals surface area contributed by atoms with Gasteiger partial charge < -0.3 is 10.1 Å². The number of anilines is 1. The van der Waals surface area contributed by atoms with Crippen molar-refractivity contribution in [3.63, 3.8) is 0 Å². The van der Waals surface area contributed by atoms with Crippen LogP contribution in [-0.4, -0.2) is 19.8 Å². The average molecular weight is 311 g/mol. The molecule has 0 saturated carbocycles. The molecule has 0 amide bonds. The molecule has 0 aromatic heterocycles. The number of benzene rings is 1. The molecule has 0 spiro atoms. The molecule has 0 aliphatic carbocycles. The molecule has 0 aliphatic heterocycles. The fourth-order valence-corrected chi connectivity index (χ4v) is 2.27. The minimum atomic E-state index is -0.359. The SMILES string of the molecule is CCC(COC)Nc1c(Cl)cc(F)cc1Br. The molecule has 1 rings (SSSR count). The summed E-state index contributed by atoms with van der Waals surface area (Å²) >= 11 is 9.24. The van der Waals surface area contributed by atoms with Crippen LogP contribution in [0.15, 0.2) is 16.6 Å². The highest BCUT2D eigenvalue weighted by Gasteiger charge is 2.12. The van der Waals surface area contributed by atoms with E-state index in [-0.39, 0.29) is 11.9 Å². The highest BCUT2D eigenvalue weighted by atomic mass is 79.9. The fourth-order valence-electron chi connectivity index (χ4n) is 1.35. The van der Waals surface area contributed by atoms with Gasteiger partial charge in [-0.05, 0) is 34.5 Å². The molecule has 1 atom stereocenters. The fraction of sp³-hybridized carbons (Fsp3) is 0.455. The lowest BCUT2D eigenvalue weighted by Gasteiger charge is -2.19. The third-order valence-electron chi connectivity index (χ3n) is 2.22. The summed E-state index contributed by atoms with van der Waals surface area (Å²) in [6.45, 7) is 2.62. The Kier molecular flexibility index (Phi) is 5.52. The molecule has 2 nitrogen and oxygen atoms in total. The van der Waals surface area contributed by atoms with Gasteiger partial charge in [-0.3, -0.25) is 0 Å². The van der Waals surface area contributed by atoms with Crippen molar-refractivity contribution in [1.82, 2.24) is 0 Å². The maximum absolute atomic E-state index is 13.0. The largest absolute Gasteiger partial charge is 0.383 e. The van der Waals surface area contributed by atoms with E-state index in [1.807, 2.05) is 6.92 Å². The molecular formula is C11H14BrClFNO. The van der Waals surface area contributed by atoms with Gasteiger partial charge in [0.05, 0.1) is 17.3 Å². The molecule has 1 N–H and O–H groups in total. The molecule has 0 bridgehead atoms. The van der Waals surface area contributed by atoms with Gasteiger partial charge in [0.15, 0.2) is 0 Å². The molecular weight excluding hydrogens is 296 g/mol. The van der Waals surface area contributed by atoms with Gasteiger partial charge in [0.1, 0.15) is 5.82 Å². The first-order valence-corrected chi connectivity index (χ1v) is 6.15. The lowest BCUT2D eigenvalue weighted by molar-refractivity contribution is 0.184. The Morgan fingerprint density at radius 1 is 1.56 bits per heavy atom. The van der Waals surface area contributed by atoms with Crippen molar-refractivity contribution in [2.24, 2.45) is 0 Å². The van der Waals surface area contributed by atoms with Crippen molar-refractivity contribution in [2.75, 3.05) is 19.0 Å². The molecule has 16 heavy (non-hydrogen) atoms. The highest BCUT2D eigenvalue weighted by Crippen LogP contribution is 2.32. The number of rotatable bonds is 5. The normalized spacial score (nSPS) is 12.6. The van der Waals surface area contributed by atoms with E-state index in [9.17, 15) is 4.39 Å². The predicted molar refractivity (Wildman–Crippen MR) is 68.7 cm³/mol. The maximum Gasteiger partial charge on any atom is 0.125 e. The molecule has 0 aliphatic rings. The van der Waals surface area contributed by atoms with Gasteiger partial charge in [-0.15, -0.1) is 0 Å². The van der Waals surface area contributed by atoms with Crippen molar-refractivity contribution < 1.29 is 9.13 Å². The van der Waals surface area contributed by atoms with E-state index >= 15 is 0 Å². The van der Waals surface area contributed by atoms with Gasteiger partial charge >= 0.3 is 0 Å². The molecule has 1 aromatic rings. The van der Waals surface area contributed by atoms with Gasteiger partial charge in [-0.25, -0.2) is 4.39 Å². The number of ether oxygens (including phenoxy) is 1. The molecule has 0 saturated heterocycles. The Hall–Kier alpha value is -0.320. The van der Waals surface area contributed by atoms with Crippen LogP contribution in [0.25, 0.3) is 0 Å². The number of nitrogens with one attached hydrogen (secondary N) is 1. The minimum Gasteiger partial charge on any atom is -0.383 e. The second-order valence-corrected chi connectivity index (χ2v) is 4.71. The van der Waals surface area contributed by atoms with Crippen molar-refractivity contribution in [3.8, 4) is 0 Å². The number of methoxy groups -OCH3 is 1. The van der Waals surface area contributed by atoms with Gasteiger partial charge in [0.2, 0.25) is 0 Å². The first kappa shape index (κ1) is 13.7. The van der Waals surface area contributed by atoms with E-state index < -0.39 is 0 Å². The van der Waals surface area contributed by atoms with E-state index in [4.69, 9.17) is 16.3 Å². The summed E-state index contributed by atoms with van der Waals surface area (Å²) in [5.41, 5.74) is 0.701. The van der Waals surface area contributed by atoms with E-state index in [1.165, 1.54) is 12.1 Å². The summed E-state index contributed by atoms with van der Waals surface area (Å²) in [5, 5.41) is 3.59. The highest BCUT2D eigenvalue weighted by molar-refractivity contribution is 9.10. The Labute approximate surface area is 108 Å². The van der Waals surface area contributed by atoms with Crippen LogP contribution in [0.3, 0.4) is 0 Å². The summed E-state index contributed by atoms with van der Waals surface area (Å²) in [6.07, 6.45) is 0.897. The van der Waals surface area contributed by atoms with E-state index in [2.05, 4.69) is 21.2 Å². The molecule has 0 fully saturated rings. The van der Waals surface area contributed by atoms with Crippen LogP contribution in [-0.2, 0) is 4.74 Å². The quantitative estimate of drug-likeness (QED) is 0.885. The second-order valence-electron chi connectivity index (χ2n) is 3.45. The summed E-state index contributed by atoms with van der Waals surface area (Å²) in [4.78, 5) is 0. The zero-order valence-corrected chi connectivity index (χ0v) is 11.5. The van der Waals surface area contributed by atoms with Gasteiger partial charge in [0, 0.05) is 17.6 Å². The van der Waals surface area contributed by atoms with E-state index in [1.54, 1.807) is 7.11 Å². The lowest BCUT2D eigenvalue weighted by Crippen LogP contribution is -2.24. The zero-order chi connectivity index (χ0) is 12.1. The third kappa shape index (κ3) is 3.61. The van der Waals surface area contributed by atoms with Gasteiger partial charge in [-0.1, -0.05) is 18.5 Å². The van der Waals surface area contributed by atoms with E-state index in [0.29, 0.717) is 21.8 Å². The molecule has 5 heteroatoms. The smallest absolute Gasteiger partial charge is 0.125 e. The Morgan fingerprint density at radius 3 is 2.75 bits per heavy atom. The van der Waals surface area contributed by atoms with Crippen molar-refractivity contribution in [3.05, 3.63) is 27.4 Å². The summed E-state index contributed by atoms with van der Waals surface area (Å²) < 4.78 is 18.7. The van der Waals surface area contributed by atoms with Crippen molar-refractivity contribution in [1.29, 1.82) is 0 Å². The molecule has 0 heterocycles. The van der Waals surface area contributed by atoms with Crippen LogP contribution in [0.4, 0.5) is 10.1 Å². The molecule has 1 aromatic carbocycles. The first-order valence-electron chi connectivity index (χ1n) is 4.98. The lowest BCUT2D eigenvalue weighted by atomic mass is 10.2. The van der Waals surface area contributed by atoms with Crippen LogP contribution in [0, 0.1) is 5.82 Å². The van der Waals surface area contributed by atoms with Gasteiger partial charge in [0.25, 0.3) is 0 Å². The zero-order valence-electron chi connectivity index (χ0n) is 9.19. The topological polar surface area (TPSA) is 21.3 Å². The minimum absolute atomic E-state index is 0.157. The third-order valence-corrected chi connectivity index (χ3v) is 3.14. The Morgan fingerprint density at radius 2 is 2.25 bits per heavy atom.